The van der Waals surface area contributed by atoms with Gasteiger partial charge in [0.15, 0.2) is 11.5 Å². The SMILES string of the molecule is CCCCc1oc2ccccc2c1C(=O)NC1(OCc2nn[nH]n2)C=CC(c2ccccc2)=CC1. The molecule has 8 heteroatoms. The largest absolute Gasteiger partial charge is 0.460 e. The minimum Gasteiger partial charge on any atom is -0.460 e. The van der Waals surface area contributed by atoms with Crippen LogP contribution in [0.4, 0.5) is 0 Å². The van der Waals surface area contributed by atoms with Gasteiger partial charge in [-0.05, 0) is 29.7 Å². The van der Waals surface area contributed by atoms with Crippen molar-refractivity contribution >= 4 is 22.4 Å². The van der Waals surface area contributed by atoms with E-state index in [9.17, 15) is 4.79 Å². The number of aromatic amines is 1. The van der Waals surface area contributed by atoms with Crippen LogP contribution in [0.1, 0.15) is 53.7 Å². The third-order valence-corrected chi connectivity index (χ3v) is 6.09. The van der Waals surface area contributed by atoms with E-state index in [2.05, 4.69) is 51.1 Å². The van der Waals surface area contributed by atoms with Crippen LogP contribution in [0, 0.1) is 0 Å². The summed E-state index contributed by atoms with van der Waals surface area (Å²) in [5.74, 6) is 0.858. The number of carbonyl (C=O) groups is 1. The Bertz CT molecular complexity index is 1360. The second-order valence-electron chi connectivity index (χ2n) is 8.52. The Morgan fingerprint density at radius 3 is 2.74 bits per heavy atom. The quantitative estimate of drug-likeness (QED) is 0.335. The number of nitrogens with one attached hydrogen (secondary N) is 2. The average molecular weight is 470 g/mol. The molecule has 0 aliphatic heterocycles. The van der Waals surface area contributed by atoms with Crippen LogP contribution in [0.25, 0.3) is 16.5 Å². The number of fused-ring (bicyclic) bond motifs is 1. The first kappa shape index (κ1) is 22.7. The molecule has 0 saturated carbocycles. The van der Waals surface area contributed by atoms with Crippen LogP contribution >= 0.6 is 0 Å². The van der Waals surface area contributed by atoms with Gasteiger partial charge in [0.2, 0.25) is 0 Å². The normalized spacial score (nSPS) is 17.5. The van der Waals surface area contributed by atoms with Crippen LogP contribution in [0.3, 0.4) is 0 Å². The number of aromatic nitrogens is 4. The molecule has 5 rings (SSSR count). The smallest absolute Gasteiger partial charge is 0.257 e. The summed E-state index contributed by atoms with van der Waals surface area (Å²) in [6.45, 7) is 2.21. The molecule has 178 valence electrons. The number of rotatable bonds is 9. The summed E-state index contributed by atoms with van der Waals surface area (Å²) in [6.07, 6.45) is 9.00. The number of unbranched alkanes of at least 4 members (excludes halogenated alkanes) is 1. The maximum absolute atomic E-state index is 13.7. The summed E-state index contributed by atoms with van der Waals surface area (Å²) in [5.41, 5.74) is 2.36. The molecule has 0 fully saturated rings. The molecule has 2 aromatic heterocycles. The number of allylic oxidation sites excluding steroid dienone is 2. The zero-order chi connectivity index (χ0) is 24.1. The van der Waals surface area contributed by atoms with E-state index in [1.165, 1.54) is 0 Å². The molecule has 2 aromatic carbocycles. The third-order valence-electron chi connectivity index (χ3n) is 6.09. The molecule has 0 saturated heterocycles. The number of nitrogens with zero attached hydrogens (tertiary/aromatic N) is 3. The standard InChI is InChI=1S/C27H27N5O3/c1-2-3-12-23-25(21-11-7-8-13-22(21)35-23)26(33)28-27(34-18-24-29-31-32-30-24)16-14-20(15-17-27)19-9-5-4-6-10-19/h4-11,13-16H,2-3,12,17-18H2,1H3,(H,28,33)(H,29,30,31,32). The fraction of sp³-hybridized carbons (Fsp3) is 0.259. The molecule has 2 N–H and O–H groups in total. The lowest BCUT2D eigenvalue weighted by atomic mass is 9.94. The summed E-state index contributed by atoms with van der Waals surface area (Å²) < 4.78 is 12.3. The zero-order valence-corrected chi connectivity index (χ0v) is 19.5. The van der Waals surface area contributed by atoms with Gasteiger partial charge < -0.3 is 14.5 Å². The number of carbonyl (C=O) groups excluding carboxylic acids is 1. The van der Waals surface area contributed by atoms with Crippen molar-refractivity contribution < 1.29 is 13.9 Å². The zero-order valence-electron chi connectivity index (χ0n) is 19.5. The van der Waals surface area contributed by atoms with Gasteiger partial charge in [-0.15, -0.1) is 10.2 Å². The fourth-order valence-corrected chi connectivity index (χ4v) is 4.25. The summed E-state index contributed by atoms with van der Waals surface area (Å²) in [6, 6.07) is 17.7. The van der Waals surface area contributed by atoms with E-state index in [1.807, 2.05) is 54.6 Å². The van der Waals surface area contributed by atoms with Crippen molar-refractivity contribution in [3.05, 3.63) is 95.5 Å². The summed E-state index contributed by atoms with van der Waals surface area (Å²) in [4.78, 5) is 13.7. The van der Waals surface area contributed by atoms with Crippen LogP contribution in [-0.2, 0) is 17.8 Å². The first-order chi connectivity index (χ1) is 17.2. The molecule has 0 spiro atoms. The Kier molecular flexibility index (Phi) is 6.54. The predicted octanol–water partition coefficient (Wildman–Crippen LogP) is 4.97. The lowest BCUT2D eigenvalue weighted by molar-refractivity contribution is -0.0405. The van der Waals surface area contributed by atoms with Crippen LogP contribution in [0.2, 0.25) is 0 Å². The predicted molar refractivity (Wildman–Crippen MR) is 132 cm³/mol. The number of furan rings is 1. The number of benzene rings is 2. The van der Waals surface area contributed by atoms with E-state index >= 15 is 0 Å². The first-order valence-electron chi connectivity index (χ1n) is 11.8. The molecule has 1 aliphatic carbocycles. The van der Waals surface area contributed by atoms with Gasteiger partial charge in [-0.25, -0.2) is 0 Å². The number of H-pyrrole nitrogens is 1. The molecule has 8 nitrogen and oxygen atoms in total. The lowest BCUT2D eigenvalue weighted by Gasteiger charge is -2.33. The van der Waals surface area contributed by atoms with Gasteiger partial charge in [0.05, 0.1) is 5.56 Å². The van der Waals surface area contributed by atoms with Crippen molar-refractivity contribution in [1.82, 2.24) is 25.9 Å². The van der Waals surface area contributed by atoms with E-state index < -0.39 is 5.72 Å². The first-order valence-corrected chi connectivity index (χ1v) is 11.8. The molecule has 1 amide bonds. The van der Waals surface area contributed by atoms with Gasteiger partial charge >= 0.3 is 0 Å². The molecular weight excluding hydrogens is 442 g/mol. The number of hydrogen-bond acceptors (Lipinski definition) is 6. The minimum absolute atomic E-state index is 0.0878. The van der Waals surface area contributed by atoms with E-state index in [0.29, 0.717) is 35.6 Å². The fourth-order valence-electron chi connectivity index (χ4n) is 4.25. The summed E-state index contributed by atoms with van der Waals surface area (Å²) >= 11 is 0. The molecule has 4 aromatic rings. The van der Waals surface area contributed by atoms with Crippen molar-refractivity contribution in [1.29, 1.82) is 0 Å². The second kappa shape index (κ2) is 10.1. The van der Waals surface area contributed by atoms with Gasteiger partial charge in [0.1, 0.15) is 18.0 Å². The van der Waals surface area contributed by atoms with Gasteiger partial charge in [0, 0.05) is 18.2 Å². The number of para-hydroxylation sites is 1. The van der Waals surface area contributed by atoms with E-state index in [4.69, 9.17) is 9.15 Å². The molecule has 1 atom stereocenters. The molecular formula is C27H27N5O3. The van der Waals surface area contributed by atoms with Crippen LogP contribution < -0.4 is 5.32 Å². The Morgan fingerprint density at radius 2 is 2.00 bits per heavy atom. The highest BCUT2D eigenvalue weighted by atomic mass is 16.5. The molecule has 2 heterocycles. The Hall–Kier alpha value is -4.04. The summed E-state index contributed by atoms with van der Waals surface area (Å²) in [7, 11) is 0. The Balaban J connectivity index is 1.45. The highest BCUT2D eigenvalue weighted by Gasteiger charge is 2.34. The maximum atomic E-state index is 13.7. The van der Waals surface area contributed by atoms with Crippen molar-refractivity contribution in [2.24, 2.45) is 0 Å². The number of tetrazole rings is 1. The van der Waals surface area contributed by atoms with E-state index in [1.54, 1.807) is 0 Å². The van der Waals surface area contributed by atoms with Gasteiger partial charge in [-0.2, -0.15) is 5.21 Å². The highest BCUT2D eigenvalue weighted by molar-refractivity contribution is 6.07. The van der Waals surface area contributed by atoms with Gasteiger partial charge in [-0.1, -0.05) is 79.2 Å². The maximum Gasteiger partial charge on any atom is 0.257 e. The number of aryl methyl sites for hydroxylation is 1. The molecule has 0 radical (unpaired) electrons. The number of hydrogen-bond donors (Lipinski definition) is 2. The highest BCUT2D eigenvalue weighted by Crippen LogP contribution is 2.31. The van der Waals surface area contributed by atoms with Crippen molar-refractivity contribution in [2.75, 3.05) is 0 Å². The van der Waals surface area contributed by atoms with Crippen molar-refractivity contribution in [3.8, 4) is 0 Å². The van der Waals surface area contributed by atoms with Gasteiger partial charge in [-0.3, -0.25) is 4.79 Å². The molecule has 35 heavy (non-hydrogen) atoms. The average Bonchev–Trinajstić information content (AvgIpc) is 3.55. The van der Waals surface area contributed by atoms with Crippen molar-refractivity contribution in [3.63, 3.8) is 0 Å². The molecule has 1 unspecified atom stereocenters. The number of ether oxygens (including phenoxy) is 1. The van der Waals surface area contributed by atoms with E-state index in [0.717, 1.165) is 29.4 Å². The molecule has 1 aliphatic rings. The van der Waals surface area contributed by atoms with Gasteiger partial charge in [0.25, 0.3) is 5.91 Å². The van der Waals surface area contributed by atoms with Crippen LogP contribution in [0.5, 0.6) is 0 Å². The Labute approximate surface area is 203 Å². The van der Waals surface area contributed by atoms with Crippen molar-refractivity contribution in [2.45, 2.75) is 44.9 Å². The number of amides is 1. The second-order valence-corrected chi connectivity index (χ2v) is 8.52. The Morgan fingerprint density at radius 1 is 1.17 bits per heavy atom. The van der Waals surface area contributed by atoms with E-state index in [-0.39, 0.29) is 12.5 Å². The van der Waals surface area contributed by atoms with Crippen LogP contribution in [-0.4, -0.2) is 32.3 Å². The van der Waals surface area contributed by atoms with Crippen LogP contribution in [0.15, 0.2) is 77.2 Å². The topological polar surface area (TPSA) is 106 Å². The third kappa shape index (κ3) is 4.93. The monoisotopic (exact) mass is 469 g/mol. The molecule has 0 bridgehead atoms. The minimum atomic E-state index is -1.07. The summed E-state index contributed by atoms with van der Waals surface area (Å²) in [5, 5.41) is 17.9. The lowest BCUT2D eigenvalue weighted by Crippen LogP contribution is -2.49.